The van der Waals surface area contributed by atoms with Crippen LogP contribution in [0.3, 0.4) is 0 Å². The van der Waals surface area contributed by atoms with E-state index in [0.29, 0.717) is 26.2 Å². The van der Waals surface area contributed by atoms with Crippen LogP contribution in [0, 0.1) is 0 Å². The van der Waals surface area contributed by atoms with Gasteiger partial charge in [0.2, 0.25) is 5.95 Å². The van der Waals surface area contributed by atoms with Crippen molar-refractivity contribution >= 4 is 23.1 Å². The molecule has 2 heterocycles. The van der Waals surface area contributed by atoms with Crippen molar-refractivity contribution in [3.63, 3.8) is 0 Å². The number of piperazine rings is 1. The minimum Gasteiger partial charge on any atom is -0.497 e. The van der Waals surface area contributed by atoms with Gasteiger partial charge in [-0.15, -0.1) is 0 Å². The number of para-hydroxylation sites is 2. The second kappa shape index (κ2) is 8.73. The summed E-state index contributed by atoms with van der Waals surface area (Å²) in [5.74, 6) is 1.77. The lowest BCUT2D eigenvalue weighted by atomic mass is 10.2. The Bertz CT molecular complexity index is 1080. The maximum absolute atomic E-state index is 12.6. The van der Waals surface area contributed by atoms with Crippen molar-refractivity contribution in [2.24, 2.45) is 0 Å². The van der Waals surface area contributed by atoms with Gasteiger partial charge in [0, 0.05) is 25.7 Å². The van der Waals surface area contributed by atoms with Crippen molar-refractivity contribution < 1.29 is 14.3 Å². The summed E-state index contributed by atoms with van der Waals surface area (Å²) in [5.41, 5.74) is 2.75. The number of aromatic nitrogens is 2. The largest absolute Gasteiger partial charge is 0.497 e. The molecule has 0 unspecified atom stereocenters. The van der Waals surface area contributed by atoms with Gasteiger partial charge in [-0.25, -0.2) is 9.78 Å². The Morgan fingerprint density at radius 2 is 1.81 bits per heavy atom. The highest BCUT2D eigenvalue weighted by Crippen LogP contribution is 2.27. The first kappa shape index (κ1) is 22.0. The van der Waals surface area contributed by atoms with Crippen LogP contribution < -0.4 is 9.64 Å². The molecule has 0 spiro atoms. The summed E-state index contributed by atoms with van der Waals surface area (Å²) in [6.45, 7) is 10.5. The molecule has 0 N–H and O–H groups in total. The van der Waals surface area contributed by atoms with Crippen LogP contribution in [0.15, 0.2) is 48.5 Å². The average molecular weight is 437 g/mol. The van der Waals surface area contributed by atoms with Gasteiger partial charge >= 0.3 is 6.09 Å². The lowest BCUT2D eigenvalue weighted by molar-refractivity contribution is 0.0158. The van der Waals surface area contributed by atoms with Crippen LogP contribution in [0.4, 0.5) is 10.7 Å². The fraction of sp³-hybridized carbons (Fsp3) is 0.440. The van der Waals surface area contributed by atoms with E-state index in [1.165, 1.54) is 5.56 Å². The molecular formula is C25H32N4O3. The second-order valence-electron chi connectivity index (χ2n) is 9.30. The minimum atomic E-state index is -0.500. The summed E-state index contributed by atoms with van der Waals surface area (Å²) in [6, 6.07) is 16.4. The van der Waals surface area contributed by atoms with Crippen LogP contribution in [0.5, 0.6) is 5.75 Å². The predicted molar refractivity (Wildman–Crippen MR) is 126 cm³/mol. The molecule has 4 rings (SSSR count). The molecule has 1 aliphatic rings. The number of methoxy groups -OCH3 is 1. The summed E-state index contributed by atoms with van der Waals surface area (Å²) >= 11 is 0. The molecule has 3 aromatic rings. The van der Waals surface area contributed by atoms with Crippen LogP contribution in [-0.2, 0) is 11.3 Å². The number of fused-ring (bicyclic) bond motifs is 1. The molecule has 0 bridgehead atoms. The zero-order chi connectivity index (χ0) is 22.9. The Morgan fingerprint density at radius 1 is 1.09 bits per heavy atom. The third-order valence-electron chi connectivity index (χ3n) is 5.67. The van der Waals surface area contributed by atoms with E-state index in [9.17, 15) is 4.79 Å². The number of imidazole rings is 1. The van der Waals surface area contributed by atoms with E-state index in [2.05, 4.69) is 34.6 Å². The van der Waals surface area contributed by atoms with E-state index in [0.717, 1.165) is 22.7 Å². The number of benzene rings is 2. The highest BCUT2D eigenvalue weighted by molar-refractivity contribution is 5.79. The number of ether oxygens (including phenoxy) is 2. The maximum atomic E-state index is 12.6. The van der Waals surface area contributed by atoms with Crippen molar-refractivity contribution in [1.29, 1.82) is 0 Å². The fourth-order valence-electron chi connectivity index (χ4n) is 4.10. The number of hydrogen-bond donors (Lipinski definition) is 0. The molecule has 2 aromatic carbocycles. The van der Waals surface area contributed by atoms with Crippen molar-refractivity contribution in [3.8, 4) is 5.75 Å². The van der Waals surface area contributed by atoms with Crippen LogP contribution in [-0.4, -0.2) is 58.9 Å². The number of hydrogen-bond acceptors (Lipinski definition) is 5. The molecule has 7 heteroatoms. The number of amides is 1. The van der Waals surface area contributed by atoms with E-state index in [1.54, 1.807) is 7.11 Å². The number of anilines is 1. The highest BCUT2D eigenvalue weighted by atomic mass is 16.6. The summed E-state index contributed by atoms with van der Waals surface area (Å²) in [7, 11) is 1.68. The van der Waals surface area contributed by atoms with Crippen molar-refractivity contribution in [1.82, 2.24) is 14.5 Å². The zero-order valence-corrected chi connectivity index (χ0v) is 19.5. The lowest BCUT2D eigenvalue weighted by Gasteiger charge is -2.40. The van der Waals surface area contributed by atoms with Gasteiger partial charge in [0.15, 0.2) is 0 Å². The number of carbonyl (C=O) groups excluding carboxylic acids is 1. The molecule has 0 radical (unpaired) electrons. The predicted octanol–water partition coefficient (Wildman–Crippen LogP) is 4.54. The first-order valence-corrected chi connectivity index (χ1v) is 11.1. The smallest absolute Gasteiger partial charge is 0.410 e. The van der Waals surface area contributed by atoms with Crippen molar-refractivity contribution in [3.05, 3.63) is 54.1 Å². The standard InChI is InChI=1S/C25H32N4O3/c1-18-16-27(14-15-28(18)24(30)32-25(2,3)4)23-26-21-8-6-7-9-22(21)29(23)17-19-10-12-20(31-5)13-11-19/h6-13,18H,14-17H2,1-5H3/t18-/m1/s1. The number of nitrogens with zero attached hydrogens (tertiary/aromatic N) is 4. The Morgan fingerprint density at radius 3 is 2.47 bits per heavy atom. The Hall–Kier alpha value is -3.22. The molecule has 0 aliphatic carbocycles. The molecule has 1 saturated heterocycles. The molecule has 1 aliphatic heterocycles. The third kappa shape index (κ3) is 4.66. The average Bonchev–Trinajstić information content (AvgIpc) is 3.11. The molecule has 1 fully saturated rings. The molecule has 1 atom stereocenters. The number of carbonyl (C=O) groups is 1. The number of rotatable bonds is 4. The van der Waals surface area contributed by atoms with E-state index >= 15 is 0 Å². The Labute approximate surface area is 189 Å². The van der Waals surface area contributed by atoms with Gasteiger partial charge in [0.1, 0.15) is 11.4 Å². The maximum Gasteiger partial charge on any atom is 0.410 e. The molecule has 170 valence electrons. The monoisotopic (exact) mass is 436 g/mol. The van der Waals surface area contributed by atoms with Gasteiger partial charge in [0.05, 0.1) is 24.7 Å². The molecule has 7 nitrogen and oxygen atoms in total. The topological polar surface area (TPSA) is 59.8 Å². The molecule has 1 amide bonds. The SMILES string of the molecule is COc1ccc(Cn2c(N3CCN(C(=O)OC(C)(C)C)[C@H](C)C3)nc3ccccc32)cc1. The Kier molecular flexibility index (Phi) is 6.00. The van der Waals surface area contributed by atoms with Crippen LogP contribution in [0.1, 0.15) is 33.3 Å². The van der Waals surface area contributed by atoms with Gasteiger partial charge in [-0.05, 0) is 57.5 Å². The van der Waals surface area contributed by atoms with Gasteiger partial charge in [-0.1, -0.05) is 24.3 Å². The molecule has 1 aromatic heterocycles. The first-order chi connectivity index (χ1) is 15.2. The molecule has 32 heavy (non-hydrogen) atoms. The quantitative estimate of drug-likeness (QED) is 0.601. The van der Waals surface area contributed by atoms with Crippen LogP contribution >= 0.6 is 0 Å². The summed E-state index contributed by atoms with van der Waals surface area (Å²) < 4.78 is 13.1. The van der Waals surface area contributed by atoms with E-state index in [-0.39, 0.29) is 12.1 Å². The summed E-state index contributed by atoms with van der Waals surface area (Å²) in [4.78, 5) is 21.7. The Balaban J connectivity index is 1.59. The van der Waals surface area contributed by atoms with Crippen molar-refractivity contribution in [2.45, 2.75) is 45.9 Å². The van der Waals surface area contributed by atoms with Crippen LogP contribution in [0.25, 0.3) is 11.0 Å². The highest BCUT2D eigenvalue weighted by Gasteiger charge is 2.32. The second-order valence-corrected chi connectivity index (χ2v) is 9.30. The van der Waals surface area contributed by atoms with E-state index in [4.69, 9.17) is 14.5 Å². The van der Waals surface area contributed by atoms with E-state index < -0.39 is 5.60 Å². The molecule has 0 saturated carbocycles. The fourth-order valence-corrected chi connectivity index (χ4v) is 4.10. The summed E-state index contributed by atoms with van der Waals surface area (Å²) in [5, 5.41) is 0. The zero-order valence-electron chi connectivity index (χ0n) is 19.5. The third-order valence-corrected chi connectivity index (χ3v) is 5.67. The van der Waals surface area contributed by atoms with Crippen molar-refractivity contribution in [2.75, 3.05) is 31.6 Å². The first-order valence-electron chi connectivity index (χ1n) is 11.1. The van der Waals surface area contributed by atoms with Gasteiger partial charge < -0.3 is 23.8 Å². The van der Waals surface area contributed by atoms with Crippen LogP contribution in [0.2, 0.25) is 0 Å². The summed E-state index contributed by atoms with van der Waals surface area (Å²) in [6.07, 6.45) is -0.253. The molecular weight excluding hydrogens is 404 g/mol. The van der Waals surface area contributed by atoms with Gasteiger partial charge in [0.25, 0.3) is 0 Å². The minimum absolute atomic E-state index is 0.0212. The van der Waals surface area contributed by atoms with Gasteiger partial charge in [-0.2, -0.15) is 0 Å². The van der Waals surface area contributed by atoms with Gasteiger partial charge in [-0.3, -0.25) is 0 Å². The normalized spacial score (nSPS) is 17.0. The lowest BCUT2D eigenvalue weighted by Crippen LogP contribution is -2.55. The van der Waals surface area contributed by atoms with E-state index in [1.807, 2.05) is 56.0 Å².